The Morgan fingerprint density at radius 2 is 1.95 bits per heavy atom. The van der Waals surface area contributed by atoms with Crippen molar-refractivity contribution in [3.05, 3.63) is 58.9 Å². The average molecular weight is 276 g/mol. The van der Waals surface area contributed by atoms with Gasteiger partial charge in [0.05, 0.1) is 10.7 Å². The van der Waals surface area contributed by atoms with E-state index in [2.05, 4.69) is 28.3 Å². The van der Waals surface area contributed by atoms with Gasteiger partial charge in [-0.15, -0.1) is 0 Å². The predicted octanol–water partition coefficient (Wildman–Crippen LogP) is 3.09. The van der Waals surface area contributed by atoms with Gasteiger partial charge in [-0.05, 0) is 36.4 Å². The first-order chi connectivity index (χ1) is 9.22. The molecule has 0 bridgehead atoms. The van der Waals surface area contributed by atoms with E-state index in [0.717, 1.165) is 23.8 Å². The van der Waals surface area contributed by atoms with Crippen LogP contribution in [0.25, 0.3) is 0 Å². The maximum absolute atomic E-state index is 6.34. The summed E-state index contributed by atoms with van der Waals surface area (Å²) < 4.78 is 0. The Morgan fingerprint density at radius 3 is 2.63 bits per heavy atom. The van der Waals surface area contributed by atoms with Crippen molar-refractivity contribution in [2.24, 2.45) is 0 Å². The molecule has 0 aliphatic heterocycles. The zero-order valence-electron chi connectivity index (χ0n) is 11.2. The topological polar surface area (TPSA) is 28.2 Å². The van der Waals surface area contributed by atoms with E-state index in [1.54, 1.807) is 0 Å². The third-order valence-electron chi connectivity index (χ3n) is 2.99. The lowest BCUT2D eigenvalue weighted by molar-refractivity contribution is 0.805. The van der Waals surface area contributed by atoms with E-state index in [4.69, 9.17) is 11.6 Å². The molecule has 100 valence electrons. The molecule has 1 aromatic heterocycles. The highest BCUT2D eigenvalue weighted by atomic mass is 35.5. The summed E-state index contributed by atoms with van der Waals surface area (Å²) in [6.45, 7) is 1.61. The maximum Gasteiger partial charge on any atom is 0.0642 e. The van der Waals surface area contributed by atoms with Crippen LogP contribution in [0.1, 0.15) is 11.1 Å². The zero-order valence-corrected chi connectivity index (χ0v) is 12.0. The first-order valence-corrected chi connectivity index (χ1v) is 6.62. The molecule has 4 heteroatoms. The largest absolute Gasteiger partial charge is 0.369 e. The molecule has 19 heavy (non-hydrogen) atoms. The Bertz CT molecular complexity index is 528. The quantitative estimate of drug-likeness (QED) is 0.909. The Kier molecular flexibility index (Phi) is 4.77. The summed E-state index contributed by atoms with van der Waals surface area (Å²) in [4.78, 5) is 6.21. The third kappa shape index (κ3) is 3.46. The lowest BCUT2D eigenvalue weighted by Crippen LogP contribution is -2.20. The molecule has 0 spiro atoms. The summed E-state index contributed by atoms with van der Waals surface area (Å²) in [5.41, 5.74) is 3.50. The van der Waals surface area contributed by atoms with Gasteiger partial charge in [-0.25, -0.2) is 0 Å². The summed E-state index contributed by atoms with van der Waals surface area (Å²) in [7, 11) is 3.99. The molecular formula is C15H18ClN3. The Hall–Kier alpha value is -1.58. The van der Waals surface area contributed by atoms with Gasteiger partial charge in [0.25, 0.3) is 0 Å². The van der Waals surface area contributed by atoms with E-state index in [0.29, 0.717) is 0 Å². The minimum Gasteiger partial charge on any atom is -0.369 e. The van der Waals surface area contributed by atoms with E-state index >= 15 is 0 Å². The van der Waals surface area contributed by atoms with Crippen LogP contribution in [-0.2, 0) is 13.1 Å². The molecule has 0 atom stereocenters. The van der Waals surface area contributed by atoms with Crippen LogP contribution in [0.2, 0.25) is 5.02 Å². The number of halogens is 1. The Morgan fingerprint density at radius 1 is 1.21 bits per heavy atom. The van der Waals surface area contributed by atoms with E-state index < -0.39 is 0 Å². The normalized spacial score (nSPS) is 10.5. The molecule has 0 fully saturated rings. The predicted molar refractivity (Wildman–Crippen MR) is 80.6 cm³/mol. The van der Waals surface area contributed by atoms with Crippen molar-refractivity contribution in [3.8, 4) is 0 Å². The van der Waals surface area contributed by atoms with Crippen LogP contribution < -0.4 is 10.2 Å². The summed E-state index contributed by atoms with van der Waals surface area (Å²) in [5.74, 6) is 0. The maximum atomic E-state index is 6.34. The number of hydrogen-bond donors (Lipinski definition) is 1. The van der Waals surface area contributed by atoms with Crippen LogP contribution in [0.3, 0.4) is 0 Å². The van der Waals surface area contributed by atoms with Crippen LogP contribution in [0, 0.1) is 0 Å². The molecule has 3 nitrogen and oxygen atoms in total. The number of anilines is 1. The fraction of sp³-hybridized carbons (Fsp3) is 0.267. The zero-order chi connectivity index (χ0) is 13.7. The van der Waals surface area contributed by atoms with Crippen molar-refractivity contribution in [2.75, 3.05) is 19.0 Å². The number of nitrogens with one attached hydrogen (secondary N) is 1. The number of hydrogen-bond acceptors (Lipinski definition) is 3. The van der Waals surface area contributed by atoms with Gasteiger partial charge in [-0.2, -0.15) is 0 Å². The van der Waals surface area contributed by atoms with Gasteiger partial charge in [0.1, 0.15) is 0 Å². The summed E-state index contributed by atoms with van der Waals surface area (Å²) in [6.07, 6.45) is 3.62. The van der Waals surface area contributed by atoms with Crippen LogP contribution in [0.4, 0.5) is 5.69 Å². The smallest absolute Gasteiger partial charge is 0.0642 e. The molecule has 1 N–H and O–H groups in total. The Balaban J connectivity index is 2.25. The number of nitrogens with zero attached hydrogens (tertiary/aromatic N) is 2. The number of pyridine rings is 1. The SMILES string of the molecule is CNCc1cccc(Cl)c1N(C)Cc1ccncc1. The first-order valence-electron chi connectivity index (χ1n) is 6.24. The number of rotatable bonds is 5. The molecule has 0 aliphatic rings. The Labute approximate surface area is 119 Å². The minimum absolute atomic E-state index is 0.782. The third-order valence-corrected chi connectivity index (χ3v) is 3.29. The second-order valence-corrected chi connectivity index (χ2v) is 4.90. The lowest BCUT2D eigenvalue weighted by atomic mass is 10.1. The number of para-hydroxylation sites is 1. The van der Waals surface area contributed by atoms with Gasteiger partial charge < -0.3 is 10.2 Å². The van der Waals surface area contributed by atoms with Gasteiger partial charge in [0, 0.05) is 32.5 Å². The second kappa shape index (κ2) is 6.55. The van der Waals surface area contributed by atoms with E-state index in [1.165, 1.54) is 11.1 Å². The van der Waals surface area contributed by atoms with Crippen LogP contribution >= 0.6 is 11.6 Å². The molecular weight excluding hydrogens is 258 g/mol. The highest BCUT2D eigenvalue weighted by molar-refractivity contribution is 6.33. The summed E-state index contributed by atoms with van der Waals surface area (Å²) in [6, 6.07) is 10.1. The molecule has 0 saturated carbocycles. The van der Waals surface area contributed by atoms with E-state index in [1.807, 2.05) is 43.7 Å². The fourth-order valence-corrected chi connectivity index (χ4v) is 2.50. The minimum atomic E-state index is 0.782. The van der Waals surface area contributed by atoms with Gasteiger partial charge in [0.15, 0.2) is 0 Å². The van der Waals surface area contributed by atoms with Crippen LogP contribution in [0.15, 0.2) is 42.7 Å². The standard InChI is InChI=1S/C15H18ClN3/c1-17-10-13-4-3-5-14(16)15(13)19(2)11-12-6-8-18-9-7-12/h3-9,17H,10-11H2,1-2H3. The highest BCUT2D eigenvalue weighted by Crippen LogP contribution is 2.30. The van der Waals surface area contributed by atoms with Gasteiger partial charge in [-0.3, -0.25) is 4.98 Å². The molecule has 0 amide bonds. The second-order valence-electron chi connectivity index (χ2n) is 4.49. The molecule has 0 unspecified atom stereocenters. The van der Waals surface area contributed by atoms with Crippen molar-refractivity contribution < 1.29 is 0 Å². The van der Waals surface area contributed by atoms with Crippen LogP contribution in [0.5, 0.6) is 0 Å². The molecule has 2 aromatic rings. The monoisotopic (exact) mass is 275 g/mol. The molecule has 2 rings (SSSR count). The van der Waals surface area contributed by atoms with Crippen molar-refractivity contribution >= 4 is 17.3 Å². The molecule has 1 heterocycles. The van der Waals surface area contributed by atoms with Gasteiger partial charge in [0.2, 0.25) is 0 Å². The summed E-state index contributed by atoms with van der Waals surface area (Å²) in [5, 5.41) is 3.96. The molecule has 1 aromatic carbocycles. The van der Waals surface area contributed by atoms with E-state index in [9.17, 15) is 0 Å². The number of benzene rings is 1. The molecule has 0 saturated heterocycles. The fourth-order valence-electron chi connectivity index (χ4n) is 2.16. The average Bonchev–Trinajstić information content (AvgIpc) is 2.40. The summed E-state index contributed by atoms with van der Waals surface area (Å²) >= 11 is 6.34. The van der Waals surface area contributed by atoms with Crippen molar-refractivity contribution in [2.45, 2.75) is 13.1 Å². The molecule has 0 radical (unpaired) electrons. The van der Waals surface area contributed by atoms with Gasteiger partial charge >= 0.3 is 0 Å². The van der Waals surface area contributed by atoms with Crippen molar-refractivity contribution in [3.63, 3.8) is 0 Å². The van der Waals surface area contributed by atoms with Crippen molar-refractivity contribution in [1.29, 1.82) is 0 Å². The van der Waals surface area contributed by atoms with Crippen molar-refractivity contribution in [1.82, 2.24) is 10.3 Å². The highest BCUT2D eigenvalue weighted by Gasteiger charge is 2.11. The number of aromatic nitrogens is 1. The van der Waals surface area contributed by atoms with E-state index in [-0.39, 0.29) is 0 Å². The molecule has 0 aliphatic carbocycles. The lowest BCUT2D eigenvalue weighted by Gasteiger charge is -2.24. The van der Waals surface area contributed by atoms with Crippen LogP contribution in [-0.4, -0.2) is 19.1 Å². The first kappa shape index (κ1) is 13.8. The van der Waals surface area contributed by atoms with Gasteiger partial charge in [-0.1, -0.05) is 23.7 Å².